The average molecular weight is 1290 g/mol. The Labute approximate surface area is 500 Å². The molecule has 7 nitrogen and oxygen atoms in total. The molecule has 0 aliphatic rings. The van der Waals surface area contributed by atoms with Gasteiger partial charge < -0.3 is 19.0 Å². The Balaban J connectivity index is 0.000000193. The van der Waals surface area contributed by atoms with Gasteiger partial charge in [-0.25, -0.2) is 4.98 Å². The summed E-state index contributed by atoms with van der Waals surface area (Å²) in [6.45, 7) is 22.3. The summed E-state index contributed by atoms with van der Waals surface area (Å²) < 4.78 is 34.2. The quantitative estimate of drug-likeness (QED) is 0.106. The van der Waals surface area contributed by atoms with Gasteiger partial charge in [-0.1, -0.05) is 170 Å². The first-order chi connectivity index (χ1) is 39.3. The summed E-state index contributed by atoms with van der Waals surface area (Å²) in [6, 6.07) is 68.3. The first kappa shape index (κ1) is 59.1. The zero-order chi connectivity index (χ0) is 57.9. The summed E-state index contributed by atoms with van der Waals surface area (Å²) in [5, 5.41) is 12.6. The number of halogens is 2. The second kappa shape index (κ2) is 24.9. The van der Waals surface area contributed by atoms with Crippen molar-refractivity contribution in [2.24, 2.45) is 0 Å². The van der Waals surface area contributed by atoms with Crippen molar-refractivity contribution >= 4 is 46.4 Å². The molecule has 0 fully saturated rings. The van der Waals surface area contributed by atoms with Crippen molar-refractivity contribution in [2.75, 3.05) is 0 Å². The van der Waals surface area contributed by atoms with Crippen molar-refractivity contribution in [3.05, 3.63) is 241 Å². The summed E-state index contributed by atoms with van der Waals surface area (Å²) in [6.07, 6.45) is 3.80. The maximum Gasteiger partial charge on any atom is 3.00 e. The number of pyridine rings is 3. The van der Waals surface area contributed by atoms with Crippen LogP contribution in [0.25, 0.3) is 94.9 Å². The molecule has 7 aromatic carbocycles. The molecule has 414 valence electrons. The van der Waals surface area contributed by atoms with Crippen LogP contribution in [0.5, 0.6) is 0 Å². The Morgan fingerprint density at radius 2 is 1.18 bits per heavy atom. The van der Waals surface area contributed by atoms with Crippen LogP contribution in [-0.4, -0.2) is 32.6 Å². The smallest absolute Gasteiger partial charge is 0.486 e. The van der Waals surface area contributed by atoms with Crippen molar-refractivity contribution < 1.29 is 33.3 Å². The molecule has 0 aliphatic carbocycles. The predicted molar refractivity (Wildman–Crippen MR) is 333 cm³/mol. The fourth-order valence-corrected chi connectivity index (χ4v) is 10.9. The van der Waals surface area contributed by atoms with Gasteiger partial charge in [0.1, 0.15) is 11.8 Å². The van der Waals surface area contributed by atoms with Crippen molar-refractivity contribution in [1.82, 2.24) is 24.5 Å². The summed E-state index contributed by atoms with van der Waals surface area (Å²) in [4.78, 5) is 18.5. The zero-order valence-corrected chi connectivity index (χ0v) is 51.6. The normalized spacial score (nSPS) is 11.5. The molecule has 0 spiro atoms. The minimum atomic E-state index is -1.30. The van der Waals surface area contributed by atoms with E-state index in [2.05, 4.69) is 203 Å². The summed E-state index contributed by atoms with van der Waals surface area (Å²) in [5.74, 6) is 0.668. The third kappa shape index (κ3) is 13.1. The van der Waals surface area contributed by atoms with Crippen molar-refractivity contribution in [3.63, 3.8) is 0 Å². The van der Waals surface area contributed by atoms with Crippen LogP contribution in [0.3, 0.4) is 0 Å². The van der Waals surface area contributed by atoms with Crippen LogP contribution in [0.1, 0.15) is 82.7 Å². The summed E-state index contributed by atoms with van der Waals surface area (Å²) in [5.41, 5.74) is 17.1. The van der Waals surface area contributed by atoms with Crippen molar-refractivity contribution in [2.45, 2.75) is 85.4 Å². The van der Waals surface area contributed by atoms with Crippen LogP contribution in [0.2, 0.25) is 19.6 Å². The molecule has 0 radical (unpaired) electrons. The van der Waals surface area contributed by atoms with Gasteiger partial charge in [0.05, 0.1) is 30.5 Å². The fraction of sp³-hybridized carbons (Fsp3) is 0.181. The van der Waals surface area contributed by atoms with Gasteiger partial charge in [-0.3, -0.25) is 13.8 Å². The van der Waals surface area contributed by atoms with Gasteiger partial charge in [-0.15, -0.1) is 77.9 Å². The van der Waals surface area contributed by atoms with Gasteiger partial charge in [0.15, 0.2) is 0 Å². The van der Waals surface area contributed by atoms with Gasteiger partial charge >= 0.3 is 20.1 Å². The molecule has 0 atom stereocenters. The molecule has 0 aliphatic heterocycles. The van der Waals surface area contributed by atoms with Gasteiger partial charge in [-0.05, 0) is 109 Å². The van der Waals surface area contributed by atoms with E-state index in [9.17, 15) is 14.0 Å². The number of para-hydroxylation sites is 2. The topological polar surface area (TPSA) is 93.4 Å². The Hall–Kier alpha value is -8.52. The van der Waals surface area contributed by atoms with Crippen LogP contribution >= 0.6 is 0 Å². The molecule has 11 heteroatoms. The van der Waals surface area contributed by atoms with Gasteiger partial charge in [-0.2, -0.15) is 5.26 Å². The van der Waals surface area contributed by atoms with E-state index in [0.717, 1.165) is 61.4 Å². The number of imidazole rings is 1. The summed E-state index contributed by atoms with van der Waals surface area (Å²) in [7, 11) is -1.30. The molecular weight excluding hydrogens is 1220 g/mol. The van der Waals surface area contributed by atoms with Crippen molar-refractivity contribution in [3.8, 4) is 67.9 Å². The number of hydrogen-bond acceptors (Lipinski definition) is 6. The number of furan rings is 1. The Kier molecular flexibility index (Phi) is 17.7. The number of aromatic nitrogens is 5. The van der Waals surface area contributed by atoms with Crippen LogP contribution in [-0.2, 0) is 25.5 Å². The number of benzene rings is 7. The number of hydrogen-bond donors (Lipinski definition) is 0. The van der Waals surface area contributed by atoms with E-state index < -0.39 is 8.07 Å². The maximum absolute atomic E-state index is 12.8. The first-order valence-corrected chi connectivity index (χ1v) is 31.1. The number of fused-ring (bicyclic) bond motifs is 4. The van der Waals surface area contributed by atoms with Crippen LogP contribution in [0, 0.1) is 41.2 Å². The van der Waals surface area contributed by atoms with E-state index in [-0.39, 0.29) is 49.0 Å². The minimum Gasteiger partial charge on any atom is -0.486 e. The zero-order valence-electron chi connectivity index (χ0n) is 48.2. The second-order valence-corrected chi connectivity index (χ2v) is 28.2. The van der Waals surface area contributed by atoms with E-state index in [4.69, 9.17) is 9.40 Å². The minimum absolute atomic E-state index is 0. The molecule has 0 saturated carbocycles. The predicted octanol–water partition coefficient (Wildman–Crippen LogP) is 18.5. The Morgan fingerprint density at radius 1 is 0.602 bits per heavy atom. The van der Waals surface area contributed by atoms with E-state index in [1.807, 2.05) is 54.9 Å². The van der Waals surface area contributed by atoms with Crippen LogP contribution in [0.4, 0.5) is 8.78 Å². The molecule has 0 unspecified atom stereocenters. The number of nitrogens with zero attached hydrogens (tertiary/aromatic N) is 6. The molecule has 12 aromatic rings. The SMILES string of the molecule is CC(C)(C)c1ccc(-c2[c-]cc(F)cc2)nc1.CC(C)c1cc(-c2ccc(-c3ccccc3)cc2)cc(C(C)C)c1-n1c(-c2[c-]ccc3c2oc2nc(C#N)ccc23)nc2ccccc21.C[Si](C)(C)c1ccc(-c2[c-]cc(F)cc2)nc1.[Ir+3]. The molecule has 12 rings (SSSR count). The average Bonchev–Trinajstić information content (AvgIpc) is 4.28. The number of rotatable bonds is 9. The van der Waals surface area contributed by atoms with Gasteiger partial charge in [0.25, 0.3) is 0 Å². The second-order valence-electron chi connectivity index (χ2n) is 23.1. The van der Waals surface area contributed by atoms with Crippen LogP contribution in [0.15, 0.2) is 193 Å². The number of nitriles is 1. The standard InChI is InChI=1S/C43H33N4O.C15H15FN.C14H15FNSi.Ir/c1-26(2)36-23-31(30-19-17-29(18-20-30)28-11-6-5-7-12-28)24-37(27(3)4)40(36)47-39-16-9-8-15-38(39)46-42(47)35-14-10-13-33-34-22-21-32(25-44)45-43(34)48-41(33)35;1-15(2,3)12-6-9-14(17-10-12)11-4-7-13(16)8-5-11;1-17(2,3)13-8-9-14(16-10-13)11-4-6-12(15)7-5-11;/h5-13,15-24,26-27H,1-4H3;2*4,6-10H,1-3H3;/q3*-1;+3. The van der Waals surface area contributed by atoms with E-state index in [1.165, 1.54) is 68.4 Å². The largest absolute Gasteiger partial charge is 3.00 e. The summed E-state index contributed by atoms with van der Waals surface area (Å²) >= 11 is 0. The monoisotopic (exact) mass is 1290 g/mol. The third-order valence-electron chi connectivity index (χ3n) is 14.5. The molecule has 0 saturated heterocycles. The van der Waals surface area contributed by atoms with Gasteiger partial charge in [0, 0.05) is 35.1 Å². The fourth-order valence-electron chi connectivity index (χ4n) is 9.87. The molecule has 0 N–H and O–H groups in total. The third-order valence-corrected chi connectivity index (χ3v) is 16.5. The first-order valence-electron chi connectivity index (χ1n) is 27.6. The van der Waals surface area contributed by atoms with Crippen molar-refractivity contribution in [1.29, 1.82) is 5.26 Å². The van der Waals surface area contributed by atoms with E-state index in [1.54, 1.807) is 18.2 Å². The molecule has 0 amide bonds. The maximum atomic E-state index is 12.8. The molecule has 5 heterocycles. The van der Waals surface area contributed by atoms with E-state index in [0.29, 0.717) is 17.0 Å². The molecule has 5 aromatic heterocycles. The molecule has 0 bridgehead atoms. The molecular formula is C72H63F2IrN6OSi. The van der Waals surface area contributed by atoms with E-state index >= 15 is 0 Å². The van der Waals surface area contributed by atoms with Crippen LogP contribution < -0.4 is 5.19 Å². The molecule has 83 heavy (non-hydrogen) atoms. The Morgan fingerprint density at radius 3 is 1.71 bits per heavy atom. The Bertz CT molecular complexity index is 4110. The van der Waals surface area contributed by atoms with Gasteiger partial charge in [0.2, 0.25) is 5.71 Å².